The summed E-state index contributed by atoms with van der Waals surface area (Å²) >= 11 is 0. The van der Waals surface area contributed by atoms with Gasteiger partial charge in [0.1, 0.15) is 18.2 Å². The minimum Gasteiger partial charge on any atom is -0.488 e. The first kappa shape index (κ1) is 37.3. The maximum Gasteiger partial charge on any atom is 0.135 e. The van der Waals surface area contributed by atoms with Crippen LogP contribution in [0.3, 0.4) is 0 Å². The fraction of sp³-hybridized carbons (Fsp3) is 0.136. The predicted molar refractivity (Wildman–Crippen MR) is 261 cm³/mol. The van der Waals surface area contributed by atoms with Crippen molar-refractivity contribution in [1.82, 2.24) is 9.88 Å². The molecule has 304 valence electrons. The molecule has 0 spiro atoms. The van der Waals surface area contributed by atoms with Crippen LogP contribution >= 0.6 is 0 Å². The summed E-state index contributed by atoms with van der Waals surface area (Å²) in [6.07, 6.45) is 0. The molecule has 1 aromatic heterocycles. The lowest BCUT2D eigenvalue weighted by atomic mass is 9.82. The molecule has 8 aromatic carbocycles. The average molecular weight is 814 g/mol. The van der Waals surface area contributed by atoms with E-state index >= 15 is 0 Å². The zero-order valence-corrected chi connectivity index (χ0v) is 36.0. The van der Waals surface area contributed by atoms with E-state index in [2.05, 4.69) is 220 Å². The lowest BCUT2D eigenvalue weighted by Crippen LogP contribution is -2.24. The molecule has 1 aliphatic carbocycles. The van der Waals surface area contributed by atoms with Crippen LogP contribution in [0.4, 0.5) is 0 Å². The van der Waals surface area contributed by atoms with E-state index in [-0.39, 0.29) is 17.4 Å². The van der Waals surface area contributed by atoms with Gasteiger partial charge in [0, 0.05) is 50.2 Å². The Bertz CT molecular complexity index is 3370. The highest BCUT2D eigenvalue weighted by atomic mass is 16.5. The number of nitrogens with zero attached hydrogens (tertiary/aromatic N) is 2. The van der Waals surface area contributed by atoms with Crippen molar-refractivity contribution >= 4 is 33.3 Å². The van der Waals surface area contributed by atoms with Gasteiger partial charge in [0.05, 0.1) is 17.1 Å². The van der Waals surface area contributed by atoms with Gasteiger partial charge in [0.25, 0.3) is 0 Å². The second-order valence-electron chi connectivity index (χ2n) is 18.0. The van der Waals surface area contributed by atoms with E-state index in [4.69, 9.17) is 9.73 Å². The summed E-state index contributed by atoms with van der Waals surface area (Å²) in [5.74, 6) is 1.90. The number of aromatic nitrogens is 1. The van der Waals surface area contributed by atoms with Crippen LogP contribution in [-0.4, -0.2) is 10.4 Å². The molecular formula is C59H47N3O. The molecule has 2 atom stereocenters. The largest absolute Gasteiger partial charge is 0.488 e. The summed E-state index contributed by atoms with van der Waals surface area (Å²) in [4.78, 5) is 5.72. The minimum atomic E-state index is -0.152. The van der Waals surface area contributed by atoms with Crippen molar-refractivity contribution in [1.29, 1.82) is 0 Å². The van der Waals surface area contributed by atoms with Crippen molar-refractivity contribution in [2.75, 3.05) is 0 Å². The fourth-order valence-electron chi connectivity index (χ4n) is 10.7. The number of aliphatic imine (C=N–C) groups is 1. The second kappa shape index (κ2) is 14.3. The molecule has 2 aliphatic heterocycles. The Morgan fingerprint density at radius 1 is 0.571 bits per heavy atom. The molecule has 2 unspecified atom stereocenters. The van der Waals surface area contributed by atoms with Crippen LogP contribution in [-0.2, 0) is 12.0 Å². The van der Waals surface area contributed by atoms with Crippen LogP contribution in [0.5, 0.6) is 5.75 Å². The number of hydrogen-bond acceptors (Lipinski definition) is 3. The van der Waals surface area contributed by atoms with Gasteiger partial charge < -0.3 is 14.6 Å². The van der Waals surface area contributed by atoms with E-state index in [1.165, 1.54) is 60.8 Å². The summed E-state index contributed by atoms with van der Waals surface area (Å²) in [6, 6.07) is 66.1. The molecule has 9 aromatic rings. The molecular weight excluding hydrogens is 767 g/mol. The Hall–Kier alpha value is -7.43. The van der Waals surface area contributed by atoms with Crippen LogP contribution < -0.4 is 10.1 Å². The van der Waals surface area contributed by atoms with Crippen molar-refractivity contribution < 1.29 is 4.74 Å². The Morgan fingerprint density at radius 3 is 2.13 bits per heavy atom. The van der Waals surface area contributed by atoms with E-state index in [0.717, 1.165) is 56.4 Å². The Labute approximate surface area is 368 Å². The molecule has 3 aliphatic rings. The maximum atomic E-state index is 6.61. The smallest absolute Gasteiger partial charge is 0.135 e. The SMILES string of the molecule is CC1=C(c2ccccc2)NC(c2ccc3c(c2)COc2c(-c4ccccc4)cccc2-3)=NC(c2cccc(-n3c4ccccc4c4cc5c(cc43)C(C)(C)c3ccccc3-5)c2)C1C. The van der Waals surface area contributed by atoms with Gasteiger partial charge in [-0.3, -0.25) is 4.99 Å². The summed E-state index contributed by atoms with van der Waals surface area (Å²) in [5.41, 5.74) is 20.4. The van der Waals surface area contributed by atoms with Gasteiger partial charge in [0.15, 0.2) is 0 Å². The average Bonchev–Trinajstić information content (AvgIpc) is 3.72. The molecule has 0 bridgehead atoms. The third-order valence-electron chi connectivity index (χ3n) is 14.1. The number of fused-ring (bicyclic) bond motifs is 9. The molecule has 0 fully saturated rings. The van der Waals surface area contributed by atoms with E-state index in [0.29, 0.717) is 6.61 Å². The molecule has 0 amide bonds. The van der Waals surface area contributed by atoms with Gasteiger partial charge >= 0.3 is 0 Å². The van der Waals surface area contributed by atoms with Crippen molar-refractivity contribution in [3.8, 4) is 44.8 Å². The summed E-state index contributed by atoms with van der Waals surface area (Å²) in [7, 11) is 0. The van der Waals surface area contributed by atoms with E-state index in [1.807, 2.05) is 0 Å². The standard InChI is InChI=1S/C59H47N3O/c1-36-37(2)56(40-21-15-22-43(32-40)62-53-28-14-12-24-47(53)50-33-49-46-23-11-13-27-51(46)59(3,4)52(49)34-54(50)62)61-58(60-55(36)39-19-9-6-10-20-39)41-29-30-44-42(31-41)35-63-57-45(25-16-26-48(44)57)38-17-7-5-8-18-38/h5-34,37,56H,35H2,1-4H3,(H,60,61). The zero-order valence-electron chi connectivity index (χ0n) is 36.0. The van der Waals surface area contributed by atoms with Crippen molar-refractivity contribution in [2.24, 2.45) is 10.9 Å². The molecule has 0 radical (unpaired) electrons. The van der Waals surface area contributed by atoms with Gasteiger partial charge in [-0.05, 0) is 99.0 Å². The normalized spacial score (nSPS) is 17.2. The van der Waals surface area contributed by atoms with Crippen LogP contribution in [0, 0.1) is 5.92 Å². The molecule has 63 heavy (non-hydrogen) atoms. The molecule has 12 rings (SSSR count). The van der Waals surface area contributed by atoms with Gasteiger partial charge in [-0.2, -0.15) is 0 Å². The first-order valence-corrected chi connectivity index (χ1v) is 22.2. The van der Waals surface area contributed by atoms with Crippen LogP contribution in [0.1, 0.15) is 67.1 Å². The number of amidine groups is 1. The topological polar surface area (TPSA) is 38.5 Å². The van der Waals surface area contributed by atoms with Crippen LogP contribution in [0.25, 0.3) is 66.6 Å². The number of para-hydroxylation sites is 2. The number of hydrogen-bond donors (Lipinski definition) is 1. The quantitative estimate of drug-likeness (QED) is 0.188. The van der Waals surface area contributed by atoms with Crippen molar-refractivity contribution in [3.63, 3.8) is 0 Å². The summed E-state index contributed by atoms with van der Waals surface area (Å²) < 4.78 is 9.08. The summed E-state index contributed by atoms with van der Waals surface area (Å²) in [6.45, 7) is 9.81. The van der Waals surface area contributed by atoms with Crippen molar-refractivity contribution in [3.05, 3.63) is 221 Å². The highest BCUT2D eigenvalue weighted by Crippen LogP contribution is 2.51. The van der Waals surface area contributed by atoms with E-state index in [9.17, 15) is 0 Å². The van der Waals surface area contributed by atoms with Gasteiger partial charge in [-0.15, -0.1) is 0 Å². The monoisotopic (exact) mass is 813 g/mol. The molecule has 1 N–H and O–H groups in total. The molecule has 4 heteroatoms. The zero-order chi connectivity index (χ0) is 42.4. The highest BCUT2D eigenvalue weighted by molar-refractivity contribution is 6.12. The van der Waals surface area contributed by atoms with Crippen LogP contribution in [0.2, 0.25) is 0 Å². The fourth-order valence-corrected chi connectivity index (χ4v) is 10.7. The first-order chi connectivity index (χ1) is 30.8. The van der Waals surface area contributed by atoms with Gasteiger partial charge in [0.2, 0.25) is 0 Å². The molecule has 3 heterocycles. The Kier molecular flexibility index (Phi) is 8.49. The van der Waals surface area contributed by atoms with Crippen LogP contribution in [0.15, 0.2) is 193 Å². The number of ether oxygens (including phenoxy) is 1. The lowest BCUT2D eigenvalue weighted by Gasteiger charge is -2.24. The van der Waals surface area contributed by atoms with Crippen molar-refractivity contribution in [2.45, 2.75) is 45.8 Å². The van der Waals surface area contributed by atoms with Gasteiger partial charge in [-0.1, -0.05) is 166 Å². The third kappa shape index (κ3) is 5.85. The minimum absolute atomic E-state index is 0.102. The maximum absolute atomic E-state index is 6.61. The second-order valence-corrected chi connectivity index (χ2v) is 18.0. The van der Waals surface area contributed by atoms with E-state index < -0.39 is 0 Å². The molecule has 4 nitrogen and oxygen atoms in total. The number of benzene rings is 8. The van der Waals surface area contributed by atoms with Gasteiger partial charge in [-0.25, -0.2) is 0 Å². The summed E-state index contributed by atoms with van der Waals surface area (Å²) in [5, 5.41) is 6.43. The predicted octanol–water partition coefficient (Wildman–Crippen LogP) is 14.5. The highest BCUT2D eigenvalue weighted by Gasteiger charge is 2.36. The molecule has 0 saturated carbocycles. The Morgan fingerprint density at radius 2 is 1.29 bits per heavy atom. The first-order valence-electron chi connectivity index (χ1n) is 22.2. The lowest BCUT2D eigenvalue weighted by molar-refractivity contribution is 0.303. The number of rotatable bonds is 5. The number of nitrogens with one attached hydrogen (secondary N) is 1. The third-order valence-corrected chi connectivity index (χ3v) is 14.1. The Balaban J connectivity index is 0.995. The molecule has 0 saturated heterocycles. The van der Waals surface area contributed by atoms with E-state index in [1.54, 1.807) is 0 Å².